The highest BCUT2D eigenvalue weighted by molar-refractivity contribution is 7.92. The molecule has 0 radical (unpaired) electrons. The smallest absolute Gasteiger partial charge is 0.246 e. The van der Waals surface area contributed by atoms with Gasteiger partial charge in [-0.15, -0.1) is 0 Å². The van der Waals surface area contributed by atoms with Crippen LogP contribution < -0.4 is 5.32 Å². The van der Waals surface area contributed by atoms with Gasteiger partial charge >= 0.3 is 0 Å². The highest BCUT2D eigenvalue weighted by atomic mass is 32.2. The Labute approximate surface area is 127 Å². The first-order valence-corrected chi connectivity index (χ1v) is 8.98. The summed E-state index contributed by atoms with van der Waals surface area (Å²) >= 11 is 0. The Hall–Kier alpha value is -1.11. The van der Waals surface area contributed by atoms with Crippen LogP contribution in [0.3, 0.4) is 0 Å². The summed E-state index contributed by atoms with van der Waals surface area (Å²) in [7, 11) is -3.33. The van der Waals surface area contributed by atoms with Gasteiger partial charge in [-0.3, -0.25) is 9.59 Å². The Kier molecular flexibility index (Phi) is 5.08. The van der Waals surface area contributed by atoms with Crippen molar-refractivity contribution in [3.63, 3.8) is 0 Å². The molecule has 2 amide bonds. The molecule has 0 spiro atoms. The maximum atomic E-state index is 12.2. The monoisotopic (exact) mass is 318 g/mol. The van der Waals surface area contributed by atoms with Crippen LogP contribution in [0.4, 0.5) is 0 Å². The normalized spacial score (nSPS) is 19.6. The molecule has 1 N–H and O–H groups in total. The second-order valence-corrected chi connectivity index (χ2v) is 9.26. The van der Waals surface area contributed by atoms with Crippen molar-refractivity contribution in [3.05, 3.63) is 0 Å². The third kappa shape index (κ3) is 3.22. The first-order chi connectivity index (χ1) is 9.52. The van der Waals surface area contributed by atoms with E-state index in [9.17, 15) is 18.0 Å². The molecule has 0 aliphatic carbocycles. The van der Waals surface area contributed by atoms with Gasteiger partial charge in [-0.05, 0) is 33.6 Å². The van der Waals surface area contributed by atoms with Crippen molar-refractivity contribution >= 4 is 21.7 Å². The lowest BCUT2D eigenvalue weighted by molar-refractivity contribution is -0.154. The molecule has 1 aliphatic heterocycles. The molecule has 21 heavy (non-hydrogen) atoms. The van der Waals surface area contributed by atoms with E-state index < -0.39 is 20.1 Å². The van der Waals surface area contributed by atoms with Gasteiger partial charge in [0.05, 0.1) is 17.0 Å². The Morgan fingerprint density at radius 2 is 1.71 bits per heavy atom. The topological polar surface area (TPSA) is 83.6 Å². The number of hydrogen-bond acceptors (Lipinski definition) is 4. The fourth-order valence-corrected chi connectivity index (χ4v) is 3.62. The number of carbonyl (C=O) groups excluding carboxylic acids is 2. The standard InChI is InChI=1S/C14H26N2O4S/c1-6-14(7-2)12(18)15-10-11(17)16(14)8-9-21(19,20)13(3,4)5/h6-10H2,1-5H3,(H,15,18). The fourth-order valence-electron chi connectivity index (χ4n) is 2.59. The van der Waals surface area contributed by atoms with Crippen molar-refractivity contribution in [1.29, 1.82) is 0 Å². The van der Waals surface area contributed by atoms with Gasteiger partial charge in [0.1, 0.15) is 5.54 Å². The van der Waals surface area contributed by atoms with Crippen molar-refractivity contribution in [2.75, 3.05) is 18.8 Å². The van der Waals surface area contributed by atoms with Crippen molar-refractivity contribution in [3.8, 4) is 0 Å². The Morgan fingerprint density at radius 1 is 1.19 bits per heavy atom. The van der Waals surface area contributed by atoms with Crippen LogP contribution >= 0.6 is 0 Å². The molecule has 0 unspecified atom stereocenters. The first kappa shape index (κ1) is 17.9. The molecule has 7 heteroatoms. The van der Waals surface area contributed by atoms with Crippen molar-refractivity contribution in [2.45, 2.75) is 57.7 Å². The van der Waals surface area contributed by atoms with E-state index in [0.29, 0.717) is 12.8 Å². The predicted octanol–water partition coefficient (Wildman–Crippen LogP) is 0.717. The maximum absolute atomic E-state index is 12.2. The molecule has 1 heterocycles. The van der Waals surface area contributed by atoms with Crippen molar-refractivity contribution < 1.29 is 18.0 Å². The van der Waals surface area contributed by atoms with Crippen LogP contribution in [0.15, 0.2) is 0 Å². The molecule has 1 aliphatic rings. The number of hydrogen-bond donors (Lipinski definition) is 1. The lowest BCUT2D eigenvalue weighted by Crippen LogP contribution is -2.67. The summed E-state index contributed by atoms with van der Waals surface area (Å²) in [5, 5.41) is 2.60. The number of nitrogens with zero attached hydrogens (tertiary/aromatic N) is 1. The fraction of sp³-hybridized carbons (Fsp3) is 0.857. The minimum atomic E-state index is -3.33. The minimum absolute atomic E-state index is 0.0594. The highest BCUT2D eigenvalue weighted by Gasteiger charge is 2.47. The van der Waals surface area contributed by atoms with Crippen LogP contribution in [0.5, 0.6) is 0 Å². The summed E-state index contributed by atoms with van der Waals surface area (Å²) in [6.07, 6.45) is 0.938. The van der Waals surface area contributed by atoms with Crippen molar-refractivity contribution in [2.24, 2.45) is 0 Å². The van der Waals surface area contributed by atoms with Gasteiger partial charge in [-0.1, -0.05) is 13.8 Å². The van der Waals surface area contributed by atoms with Gasteiger partial charge in [-0.25, -0.2) is 8.42 Å². The quantitative estimate of drug-likeness (QED) is 0.809. The van der Waals surface area contributed by atoms with Gasteiger partial charge in [0.2, 0.25) is 11.8 Å². The molecule has 0 saturated carbocycles. The molecule has 0 aromatic heterocycles. The Balaban J connectivity index is 3.03. The van der Waals surface area contributed by atoms with Crippen molar-refractivity contribution in [1.82, 2.24) is 10.2 Å². The second kappa shape index (κ2) is 5.94. The predicted molar refractivity (Wildman–Crippen MR) is 81.6 cm³/mol. The number of nitrogens with one attached hydrogen (secondary N) is 1. The van der Waals surface area contributed by atoms with Crippen LogP contribution in [0, 0.1) is 0 Å². The van der Waals surface area contributed by atoms with E-state index in [1.165, 1.54) is 4.90 Å². The summed E-state index contributed by atoms with van der Waals surface area (Å²) in [5.74, 6) is -0.542. The molecule has 1 fully saturated rings. The molecule has 0 aromatic carbocycles. The minimum Gasteiger partial charge on any atom is -0.345 e. The molecule has 0 aromatic rings. The Bertz CT molecular complexity index is 516. The number of carbonyl (C=O) groups is 2. The third-order valence-corrected chi connectivity index (χ3v) is 6.91. The van der Waals surface area contributed by atoms with E-state index in [1.807, 2.05) is 13.8 Å². The van der Waals surface area contributed by atoms with Gasteiger partial charge in [0.25, 0.3) is 0 Å². The van der Waals surface area contributed by atoms with Gasteiger partial charge in [-0.2, -0.15) is 0 Å². The summed E-state index contributed by atoms with van der Waals surface area (Å²) in [6, 6.07) is 0. The zero-order chi connectivity index (χ0) is 16.5. The Morgan fingerprint density at radius 3 is 2.14 bits per heavy atom. The van der Waals surface area contributed by atoms with Gasteiger partial charge in [0, 0.05) is 6.54 Å². The van der Waals surface area contributed by atoms with E-state index >= 15 is 0 Å². The van der Waals surface area contributed by atoms with Crippen LogP contribution in [0.2, 0.25) is 0 Å². The molecular formula is C14H26N2O4S. The van der Waals surface area contributed by atoms with Crippen LogP contribution in [-0.2, 0) is 19.4 Å². The third-order valence-electron chi connectivity index (χ3n) is 4.33. The number of piperazine rings is 1. The SMILES string of the molecule is CCC1(CC)C(=O)NCC(=O)N1CCS(=O)(=O)C(C)(C)C. The summed E-state index contributed by atoms with van der Waals surface area (Å²) in [5.41, 5.74) is -0.928. The average Bonchev–Trinajstić information content (AvgIpc) is 2.38. The number of sulfone groups is 1. The molecule has 0 atom stereocenters. The summed E-state index contributed by atoms with van der Waals surface area (Å²) in [6.45, 7) is 8.60. The van der Waals surface area contributed by atoms with E-state index in [2.05, 4.69) is 5.32 Å². The van der Waals surface area contributed by atoms with E-state index in [0.717, 1.165) is 0 Å². The van der Waals surface area contributed by atoms with Crippen LogP contribution in [0.25, 0.3) is 0 Å². The molecule has 1 saturated heterocycles. The molecule has 122 valence electrons. The van der Waals surface area contributed by atoms with Gasteiger partial charge < -0.3 is 10.2 Å². The molecule has 1 rings (SSSR count). The average molecular weight is 318 g/mol. The largest absolute Gasteiger partial charge is 0.345 e. The maximum Gasteiger partial charge on any atom is 0.246 e. The zero-order valence-electron chi connectivity index (χ0n) is 13.5. The molecule has 6 nitrogen and oxygen atoms in total. The highest BCUT2D eigenvalue weighted by Crippen LogP contribution is 2.28. The van der Waals surface area contributed by atoms with Crippen LogP contribution in [-0.4, -0.2) is 54.3 Å². The van der Waals surface area contributed by atoms with E-state index in [4.69, 9.17) is 0 Å². The second-order valence-electron chi connectivity index (χ2n) is 6.40. The molecule has 0 bridgehead atoms. The van der Waals surface area contributed by atoms with Crippen LogP contribution in [0.1, 0.15) is 47.5 Å². The molecular weight excluding hydrogens is 292 g/mol. The first-order valence-electron chi connectivity index (χ1n) is 7.33. The zero-order valence-corrected chi connectivity index (χ0v) is 14.3. The number of amides is 2. The number of rotatable bonds is 5. The van der Waals surface area contributed by atoms with Gasteiger partial charge in [0.15, 0.2) is 9.84 Å². The van der Waals surface area contributed by atoms with E-state index in [-0.39, 0.29) is 30.7 Å². The lowest BCUT2D eigenvalue weighted by atomic mass is 9.87. The lowest BCUT2D eigenvalue weighted by Gasteiger charge is -2.45. The summed E-state index contributed by atoms with van der Waals surface area (Å²) in [4.78, 5) is 25.8. The summed E-state index contributed by atoms with van der Waals surface area (Å²) < 4.78 is 23.6. The van der Waals surface area contributed by atoms with E-state index in [1.54, 1.807) is 20.8 Å².